The summed E-state index contributed by atoms with van der Waals surface area (Å²) in [6.07, 6.45) is 9.07. The van der Waals surface area contributed by atoms with E-state index in [1.165, 1.54) is 30.4 Å². The molecule has 1 N–H and O–H groups in total. The minimum absolute atomic E-state index is 0.201. The van der Waals surface area contributed by atoms with Crippen LogP contribution in [-0.2, 0) is 12.5 Å². The highest BCUT2D eigenvalue weighted by Gasteiger charge is 2.39. The molecule has 1 aliphatic heterocycles. The van der Waals surface area contributed by atoms with Gasteiger partial charge in [0.1, 0.15) is 0 Å². The number of hydrogen-bond donors (Lipinski definition) is 1. The standard InChI is InChI=1S/C22H30BrN5/c1-3-24-21(28-11-8-17(15-28)18-13-26-27(2)14-18)25-16-22(9-5-10-22)19-6-4-7-20(23)12-19/h4,6-7,12-14,17H,3,5,8-11,15-16H2,1-2H3,(H,24,25). The Labute approximate surface area is 176 Å². The van der Waals surface area contributed by atoms with Gasteiger partial charge in [-0.15, -0.1) is 0 Å². The van der Waals surface area contributed by atoms with Crippen molar-refractivity contribution in [3.8, 4) is 0 Å². The van der Waals surface area contributed by atoms with Gasteiger partial charge in [-0.05, 0) is 49.4 Å². The highest BCUT2D eigenvalue weighted by atomic mass is 79.9. The predicted octanol–water partition coefficient (Wildman–Crippen LogP) is 4.06. The van der Waals surface area contributed by atoms with Crippen molar-refractivity contribution in [3.05, 3.63) is 52.3 Å². The second-order valence-corrected chi connectivity index (χ2v) is 9.11. The van der Waals surface area contributed by atoms with Gasteiger partial charge < -0.3 is 10.2 Å². The van der Waals surface area contributed by atoms with Gasteiger partial charge in [0, 0.05) is 48.7 Å². The quantitative estimate of drug-likeness (QED) is 0.559. The van der Waals surface area contributed by atoms with Crippen LogP contribution in [-0.4, -0.2) is 46.8 Å². The Bertz CT molecular complexity index is 839. The predicted molar refractivity (Wildman–Crippen MR) is 118 cm³/mol. The Morgan fingerprint density at radius 3 is 2.89 bits per heavy atom. The number of hydrogen-bond acceptors (Lipinski definition) is 2. The molecule has 1 saturated carbocycles. The first kappa shape index (κ1) is 19.5. The molecule has 2 aromatic rings. The first-order chi connectivity index (χ1) is 13.6. The maximum absolute atomic E-state index is 5.12. The van der Waals surface area contributed by atoms with Crippen LogP contribution in [0.4, 0.5) is 0 Å². The molecule has 1 saturated heterocycles. The van der Waals surface area contributed by atoms with Gasteiger partial charge in [-0.2, -0.15) is 5.10 Å². The monoisotopic (exact) mass is 443 g/mol. The van der Waals surface area contributed by atoms with Crippen molar-refractivity contribution in [2.75, 3.05) is 26.2 Å². The summed E-state index contributed by atoms with van der Waals surface area (Å²) in [7, 11) is 1.99. The Morgan fingerprint density at radius 1 is 1.39 bits per heavy atom. The van der Waals surface area contributed by atoms with Crippen LogP contribution >= 0.6 is 15.9 Å². The van der Waals surface area contributed by atoms with E-state index in [2.05, 4.69) is 68.6 Å². The van der Waals surface area contributed by atoms with Gasteiger partial charge in [0.2, 0.25) is 0 Å². The van der Waals surface area contributed by atoms with Crippen molar-refractivity contribution in [1.82, 2.24) is 20.0 Å². The lowest BCUT2D eigenvalue weighted by Gasteiger charge is -2.41. The van der Waals surface area contributed by atoms with Crippen molar-refractivity contribution in [2.24, 2.45) is 12.0 Å². The second kappa shape index (κ2) is 8.27. The lowest BCUT2D eigenvalue weighted by atomic mass is 9.64. The molecule has 6 heteroatoms. The molecular formula is C22H30BrN5. The van der Waals surface area contributed by atoms with Crippen LogP contribution in [0.1, 0.15) is 49.7 Å². The number of aromatic nitrogens is 2. The van der Waals surface area contributed by atoms with Crippen LogP contribution in [0.15, 0.2) is 46.1 Å². The average Bonchev–Trinajstić information content (AvgIpc) is 3.29. The number of aliphatic imine (C=N–C) groups is 1. The van der Waals surface area contributed by atoms with Gasteiger partial charge >= 0.3 is 0 Å². The molecule has 4 rings (SSSR count). The van der Waals surface area contributed by atoms with Crippen molar-refractivity contribution >= 4 is 21.9 Å². The normalized spacial score (nSPS) is 21.6. The molecule has 1 atom stereocenters. The lowest BCUT2D eigenvalue weighted by molar-refractivity contribution is 0.252. The molecule has 28 heavy (non-hydrogen) atoms. The molecule has 5 nitrogen and oxygen atoms in total. The highest BCUT2D eigenvalue weighted by Crippen LogP contribution is 2.44. The van der Waals surface area contributed by atoms with E-state index in [0.717, 1.165) is 43.0 Å². The van der Waals surface area contributed by atoms with E-state index >= 15 is 0 Å². The van der Waals surface area contributed by atoms with Gasteiger partial charge in [0.15, 0.2) is 5.96 Å². The number of aryl methyl sites for hydroxylation is 1. The number of nitrogens with one attached hydrogen (secondary N) is 1. The van der Waals surface area contributed by atoms with E-state index in [9.17, 15) is 0 Å². The Hall–Kier alpha value is -1.82. The van der Waals surface area contributed by atoms with Gasteiger partial charge in [0.05, 0.1) is 12.7 Å². The fraction of sp³-hybridized carbons (Fsp3) is 0.545. The Kier molecular flexibility index (Phi) is 5.76. The summed E-state index contributed by atoms with van der Waals surface area (Å²) in [6, 6.07) is 8.79. The zero-order valence-electron chi connectivity index (χ0n) is 16.9. The van der Waals surface area contributed by atoms with Crippen LogP contribution in [0.2, 0.25) is 0 Å². The first-order valence-electron chi connectivity index (χ1n) is 10.4. The molecule has 0 amide bonds. The largest absolute Gasteiger partial charge is 0.357 e. The van der Waals surface area contributed by atoms with Crippen LogP contribution in [0.25, 0.3) is 0 Å². The highest BCUT2D eigenvalue weighted by molar-refractivity contribution is 9.10. The van der Waals surface area contributed by atoms with Gasteiger partial charge in [-0.25, -0.2) is 0 Å². The average molecular weight is 444 g/mol. The summed E-state index contributed by atoms with van der Waals surface area (Å²) in [5, 5.41) is 7.88. The number of guanidine groups is 1. The fourth-order valence-corrected chi connectivity index (χ4v) is 4.89. The van der Waals surface area contributed by atoms with Gasteiger partial charge in [0.25, 0.3) is 0 Å². The number of nitrogens with zero attached hydrogens (tertiary/aromatic N) is 4. The summed E-state index contributed by atoms with van der Waals surface area (Å²) < 4.78 is 3.06. The van der Waals surface area contributed by atoms with Gasteiger partial charge in [-0.1, -0.05) is 34.5 Å². The number of rotatable bonds is 5. The van der Waals surface area contributed by atoms with Crippen molar-refractivity contribution < 1.29 is 0 Å². The summed E-state index contributed by atoms with van der Waals surface area (Å²) in [5.41, 5.74) is 2.96. The fourth-order valence-electron chi connectivity index (χ4n) is 4.49. The van der Waals surface area contributed by atoms with Crippen LogP contribution in [0.5, 0.6) is 0 Å². The SMILES string of the molecule is CCNC(=NCC1(c2cccc(Br)c2)CCC1)N1CCC(c2cnn(C)c2)C1. The third kappa shape index (κ3) is 3.97. The molecule has 1 aliphatic carbocycles. The Morgan fingerprint density at radius 2 is 2.25 bits per heavy atom. The third-order valence-corrected chi connectivity index (χ3v) is 6.79. The summed E-state index contributed by atoms with van der Waals surface area (Å²) in [5.74, 6) is 1.61. The first-order valence-corrected chi connectivity index (χ1v) is 11.2. The maximum Gasteiger partial charge on any atom is 0.193 e. The summed E-state index contributed by atoms with van der Waals surface area (Å²) >= 11 is 3.63. The van der Waals surface area contributed by atoms with Crippen LogP contribution in [0, 0.1) is 0 Å². The maximum atomic E-state index is 5.12. The van der Waals surface area contributed by atoms with Crippen molar-refractivity contribution in [1.29, 1.82) is 0 Å². The molecule has 1 unspecified atom stereocenters. The van der Waals surface area contributed by atoms with Crippen LogP contribution in [0.3, 0.4) is 0 Å². The molecule has 2 heterocycles. The number of likely N-dealkylation sites (tertiary alicyclic amines) is 1. The van der Waals surface area contributed by atoms with Crippen molar-refractivity contribution in [2.45, 2.75) is 43.9 Å². The molecule has 0 bridgehead atoms. The second-order valence-electron chi connectivity index (χ2n) is 8.19. The molecule has 0 radical (unpaired) electrons. The number of halogens is 1. The molecule has 2 fully saturated rings. The minimum Gasteiger partial charge on any atom is -0.357 e. The lowest BCUT2D eigenvalue weighted by Crippen LogP contribution is -2.43. The molecule has 150 valence electrons. The van der Waals surface area contributed by atoms with E-state index in [-0.39, 0.29) is 5.41 Å². The topological polar surface area (TPSA) is 45.5 Å². The molecular weight excluding hydrogens is 414 g/mol. The molecule has 1 aromatic carbocycles. The summed E-state index contributed by atoms with van der Waals surface area (Å²) in [4.78, 5) is 7.55. The third-order valence-electron chi connectivity index (χ3n) is 6.30. The number of benzene rings is 1. The van der Waals surface area contributed by atoms with E-state index in [4.69, 9.17) is 4.99 Å². The van der Waals surface area contributed by atoms with E-state index < -0.39 is 0 Å². The van der Waals surface area contributed by atoms with E-state index in [1.807, 2.05) is 17.9 Å². The summed E-state index contributed by atoms with van der Waals surface area (Å²) in [6.45, 7) is 5.98. The molecule has 2 aliphatic rings. The van der Waals surface area contributed by atoms with Gasteiger partial charge in [-0.3, -0.25) is 9.67 Å². The van der Waals surface area contributed by atoms with E-state index in [1.54, 1.807) is 0 Å². The van der Waals surface area contributed by atoms with Crippen molar-refractivity contribution in [3.63, 3.8) is 0 Å². The Balaban J connectivity index is 1.49. The van der Waals surface area contributed by atoms with E-state index in [0.29, 0.717) is 5.92 Å². The van der Waals surface area contributed by atoms with Crippen LogP contribution < -0.4 is 5.32 Å². The molecule has 1 aromatic heterocycles. The molecule has 0 spiro atoms. The zero-order chi connectivity index (χ0) is 19.6. The smallest absolute Gasteiger partial charge is 0.193 e. The minimum atomic E-state index is 0.201. The zero-order valence-corrected chi connectivity index (χ0v) is 18.5.